The molecule has 0 atom stereocenters. The van der Waals surface area contributed by atoms with Crippen LogP contribution in [0.25, 0.3) is 10.9 Å². The number of fused-ring (bicyclic) bond motifs is 1. The minimum absolute atomic E-state index is 0.220. The summed E-state index contributed by atoms with van der Waals surface area (Å²) in [5.74, 6) is 0.784. The number of alkyl halides is 3. The molecule has 5 nitrogen and oxygen atoms in total. The van der Waals surface area contributed by atoms with Gasteiger partial charge in [-0.15, -0.1) is 0 Å². The van der Waals surface area contributed by atoms with E-state index < -0.39 is 11.7 Å². The second kappa shape index (κ2) is 7.09. The van der Waals surface area contributed by atoms with Crippen molar-refractivity contribution in [2.24, 2.45) is 0 Å². The second-order valence-electron chi connectivity index (χ2n) is 6.67. The number of aromatic nitrogens is 3. The molecule has 9 heteroatoms. The lowest BCUT2D eigenvalue weighted by molar-refractivity contribution is -0.137. The quantitative estimate of drug-likeness (QED) is 0.591. The highest BCUT2D eigenvalue weighted by Crippen LogP contribution is 2.34. The second-order valence-corrected chi connectivity index (χ2v) is 7.01. The number of halogens is 4. The Kier molecular flexibility index (Phi) is 4.74. The van der Waals surface area contributed by atoms with Gasteiger partial charge in [-0.05, 0) is 36.7 Å². The third-order valence-electron chi connectivity index (χ3n) is 4.80. The summed E-state index contributed by atoms with van der Waals surface area (Å²) in [4.78, 5) is 16.8. The normalized spacial score (nSPS) is 15.3. The molecule has 1 aliphatic rings. The van der Waals surface area contributed by atoms with Gasteiger partial charge in [-0.25, -0.2) is 9.97 Å². The van der Waals surface area contributed by atoms with Crippen LogP contribution in [-0.2, 0) is 6.18 Å². The van der Waals surface area contributed by atoms with Crippen molar-refractivity contribution in [2.75, 3.05) is 36.0 Å². The molecule has 3 heterocycles. The highest BCUT2D eigenvalue weighted by molar-refractivity contribution is 6.28. The van der Waals surface area contributed by atoms with Gasteiger partial charge in [0.15, 0.2) is 0 Å². The molecule has 1 aromatic carbocycles. The molecule has 1 saturated heterocycles. The largest absolute Gasteiger partial charge is 0.416 e. The minimum Gasteiger partial charge on any atom is -0.367 e. The van der Waals surface area contributed by atoms with E-state index in [1.165, 1.54) is 6.07 Å². The predicted octanol–water partition coefficient (Wildman–Crippen LogP) is 4.33. The van der Waals surface area contributed by atoms with Crippen molar-refractivity contribution in [3.63, 3.8) is 0 Å². The summed E-state index contributed by atoms with van der Waals surface area (Å²) < 4.78 is 38.9. The zero-order chi connectivity index (χ0) is 19.9. The summed E-state index contributed by atoms with van der Waals surface area (Å²) in [5, 5.41) is 0.933. The third-order valence-corrected chi connectivity index (χ3v) is 4.97. The third kappa shape index (κ3) is 3.69. The maximum Gasteiger partial charge on any atom is 0.416 e. The van der Waals surface area contributed by atoms with Crippen molar-refractivity contribution < 1.29 is 13.2 Å². The number of aryl methyl sites for hydroxylation is 1. The molecule has 0 N–H and O–H groups in total. The Bertz CT molecular complexity index is 996. The number of benzene rings is 1. The predicted molar refractivity (Wildman–Crippen MR) is 103 cm³/mol. The summed E-state index contributed by atoms with van der Waals surface area (Å²) in [6, 6.07) is 7.44. The van der Waals surface area contributed by atoms with Gasteiger partial charge in [0.2, 0.25) is 5.28 Å². The first-order chi connectivity index (χ1) is 13.3. The lowest BCUT2D eigenvalue weighted by atomic mass is 10.1. The van der Waals surface area contributed by atoms with Crippen LogP contribution in [0.5, 0.6) is 0 Å². The Morgan fingerprint density at radius 2 is 1.68 bits per heavy atom. The first-order valence-corrected chi connectivity index (χ1v) is 9.16. The van der Waals surface area contributed by atoms with Gasteiger partial charge in [0.25, 0.3) is 0 Å². The van der Waals surface area contributed by atoms with E-state index in [9.17, 15) is 13.2 Å². The number of rotatable bonds is 2. The summed E-state index contributed by atoms with van der Waals surface area (Å²) in [6.45, 7) is 4.72. The van der Waals surface area contributed by atoms with Crippen molar-refractivity contribution in [3.8, 4) is 0 Å². The van der Waals surface area contributed by atoms with Crippen molar-refractivity contribution >= 4 is 34.0 Å². The average Bonchev–Trinajstić information content (AvgIpc) is 2.66. The van der Waals surface area contributed by atoms with E-state index >= 15 is 0 Å². The molecule has 4 rings (SSSR count). The molecule has 0 bridgehead atoms. The molecule has 1 fully saturated rings. The lowest BCUT2D eigenvalue weighted by Gasteiger charge is -2.37. The molecule has 0 spiro atoms. The molecule has 3 aromatic rings. The van der Waals surface area contributed by atoms with Gasteiger partial charge in [0, 0.05) is 55.2 Å². The fourth-order valence-corrected chi connectivity index (χ4v) is 3.66. The van der Waals surface area contributed by atoms with Crippen LogP contribution in [0.3, 0.4) is 0 Å². The molecule has 0 saturated carbocycles. The number of pyridine rings is 1. The average molecular weight is 408 g/mol. The van der Waals surface area contributed by atoms with Crippen molar-refractivity contribution in [2.45, 2.75) is 13.1 Å². The van der Waals surface area contributed by atoms with Gasteiger partial charge in [-0.1, -0.05) is 6.07 Å². The Hall–Kier alpha value is -2.61. The standard InChI is InChI=1S/C19H17ClF3N5/c1-12-10-17(26-18(20)25-12)28-8-6-27(7-9-28)16-4-5-24-15-11-13(19(21,22)23)2-3-14(15)16/h2-5,10-11H,6-9H2,1H3. The minimum atomic E-state index is -4.38. The Morgan fingerprint density at radius 3 is 2.36 bits per heavy atom. The highest BCUT2D eigenvalue weighted by Gasteiger charge is 2.31. The van der Waals surface area contributed by atoms with E-state index in [2.05, 4.69) is 24.8 Å². The monoisotopic (exact) mass is 407 g/mol. The Balaban J connectivity index is 1.57. The Labute approximate surface area is 164 Å². The molecule has 0 amide bonds. The van der Waals surface area contributed by atoms with E-state index in [1.54, 1.807) is 6.20 Å². The molecule has 0 aliphatic carbocycles. The molecule has 28 heavy (non-hydrogen) atoms. The van der Waals surface area contributed by atoms with Crippen LogP contribution in [0.4, 0.5) is 24.7 Å². The summed E-state index contributed by atoms with van der Waals surface area (Å²) >= 11 is 5.96. The summed E-state index contributed by atoms with van der Waals surface area (Å²) in [6.07, 6.45) is -2.83. The van der Waals surface area contributed by atoms with E-state index in [1.807, 2.05) is 19.1 Å². The zero-order valence-corrected chi connectivity index (χ0v) is 15.8. The van der Waals surface area contributed by atoms with Gasteiger partial charge in [-0.3, -0.25) is 4.98 Å². The Morgan fingerprint density at radius 1 is 0.964 bits per heavy atom. The van der Waals surface area contributed by atoms with Crippen LogP contribution < -0.4 is 9.80 Å². The first-order valence-electron chi connectivity index (χ1n) is 8.78. The van der Waals surface area contributed by atoms with E-state index in [0.29, 0.717) is 24.0 Å². The lowest BCUT2D eigenvalue weighted by Crippen LogP contribution is -2.47. The van der Waals surface area contributed by atoms with Gasteiger partial charge in [0.05, 0.1) is 11.1 Å². The van der Waals surface area contributed by atoms with Crippen molar-refractivity contribution in [3.05, 3.63) is 53.1 Å². The molecule has 1 aliphatic heterocycles. The van der Waals surface area contributed by atoms with Crippen molar-refractivity contribution in [1.29, 1.82) is 0 Å². The molecule has 2 aromatic heterocycles. The number of hydrogen-bond acceptors (Lipinski definition) is 5. The highest BCUT2D eigenvalue weighted by atomic mass is 35.5. The molecular weight excluding hydrogens is 391 g/mol. The van der Waals surface area contributed by atoms with Crippen LogP contribution in [0, 0.1) is 6.92 Å². The van der Waals surface area contributed by atoms with Crippen LogP contribution in [0.1, 0.15) is 11.3 Å². The molecule has 0 radical (unpaired) electrons. The fourth-order valence-electron chi connectivity index (χ4n) is 3.44. The summed E-state index contributed by atoms with van der Waals surface area (Å²) in [7, 11) is 0. The van der Waals surface area contributed by atoms with Gasteiger partial charge >= 0.3 is 6.18 Å². The maximum atomic E-state index is 13.0. The fraction of sp³-hybridized carbons (Fsp3) is 0.316. The number of nitrogens with zero attached hydrogens (tertiary/aromatic N) is 5. The maximum absolute atomic E-state index is 13.0. The van der Waals surface area contributed by atoms with Crippen LogP contribution >= 0.6 is 11.6 Å². The molecule has 146 valence electrons. The van der Waals surface area contributed by atoms with Gasteiger partial charge in [0.1, 0.15) is 5.82 Å². The van der Waals surface area contributed by atoms with Gasteiger partial charge in [-0.2, -0.15) is 13.2 Å². The molecule has 0 unspecified atom stereocenters. The topological polar surface area (TPSA) is 45.2 Å². The van der Waals surface area contributed by atoms with Crippen LogP contribution in [0.15, 0.2) is 36.5 Å². The van der Waals surface area contributed by atoms with Crippen LogP contribution in [-0.4, -0.2) is 41.1 Å². The number of anilines is 2. The number of piperazine rings is 1. The van der Waals surface area contributed by atoms with E-state index in [4.69, 9.17) is 11.6 Å². The van der Waals surface area contributed by atoms with E-state index in [0.717, 1.165) is 42.4 Å². The molecular formula is C19H17ClF3N5. The van der Waals surface area contributed by atoms with E-state index in [-0.39, 0.29) is 5.28 Å². The van der Waals surface area contributed by atoms with Gasteiger partial charge < -0.3 is 9.80 Å². The van der Waals surface area contributed by atoms with Crippen LogP contribution in [0.2, 0.25) is 5.28 Å². The zero-order valence-electron chi connectivity index (χ0n) is 15.0. The number of hydrogen-bond donors (Lipinski definition) is 0. The van der Waals surface area contributed by atoms with Crippen molar-refractivity contribution in [1.82, 2.24) is 15.0 Å². The first kappa shape index (κ1) is 18.7. The smallest absolute Gasteiger partial charge is 0.367 e. The SMILES string of the molecule is Cc1cc(N2CCN(c3ccnc4cc(C(F)(F)F)ccc34)CC2)nc(Cl)n1. The summed E-state index contributed by atoms with van der Waals surface area (Å²) in [5.41, 5.74) is 1.34.